The van der Waals surface area contributed by atoms with E-state index < -0.39 is 10.0 Å². The number of anilines is 2. The summed E-state index contributed by atoms with van der Waals surface area (Å²) in [7, 11) is -3.47. The van der Waals surface area contributed by atoms with E-state index in [1.165, 1.54) is 15.6 Å². The van der Waals surface area contributed by atoms with E-state index in [9.17, 15) is 8.42 Å². The Morgan fingerprint density at radius 1 is 1.21 bits per heavy atom. The Bertz CT molecular complexity index is 619. The first kappa shape index (κ1) is 13.9. The Hall–Kier alpha value is -1.53. The van der Waals surface area contributed by atoms with Crippen LogP contribution in [0.3, 0.4) is 0 Å². The van der Waals surface area contributed by atoms with Crippen LogP contribution >= 0.6 is 11.3 Å². The molecular formula is C13H16N2O2S2. The summed E-state index contributed by atoms with van der Waals surface area (Å²) in [4.78, 5) is 0. The number of hydrogen-bond donors (Lipinski definition) is 1. The molecule has 0 fully saturated rings. The number of rotatable bonds is 5. The summed E-state index contributed by atoms with van der Waals surface area (Å²) in [6, 6.07) is 10.3. The van der Waals surface area contributed by atoms with Crippen LogP contribution < -0.4 is 10.0 Å². The Morgan fingerprint density at radius 2 is 1.89 bits per heavy atom. The fourth-order valence-electron chi connectivity index (χ4n) is 1.75. The molecule has 0 spiro atoms. The SMILES string of the molecule is CCCN(c1ccc(N)cc1)S(=O)(=O)c1cccs1. The highest BCUT2D eigenvalue weighted by Crippen LogP contribution is 2.27. The predicted molar refractivity (Wildman–Crippen MR) is 80.0 cm³/mol. The molecule has 2 N–H and O–H groups in total. The third-order valence-electron chi connectivity index (χ3n) is 2.65. The van der Waals surface area contributed by atoms with Crippen LogP contribution in [0.5, 0.6) is 0 Å². The van der Waals surface area contributed by atoms with Gasteiger partial charge in [-0.3, -0.25) is 4.31 Å². The standard InChI is InChI=1S/C13H16N2O2S2/c1-2-9-15(12-7-5-11(14)6-8-12)19(16,17)13-4-3-10-18-13/h3-8,10H,2,9,14H2,1H3. The van der Waals surface area contributed by atoms with Gasteiger partial charge in [0.2, 0.25) is 0 Å². The van der Waals surface area contributed by atoms with E-state index in [1.807, 2.05) is 6.92 Å². The minimum Gasteiger partial charge on any atom is -0.399 e. The molecule has 0 bridgehead atoms. The molecule has 4 nitrogen and oxygen atoms in total. The molecule has 0 saturated heterocycles. The van der Waals surface area contributed by atoms with E-state index in [0.29, 0.717) is 22.1 Å². The third-order valence-corrected chi connectivity index (χ3v) is 5.85. The molecule has 1 aromatic heterocycles. The number of nitrogens with zero attached hydrogens (tertiary/aromatic N) is 1. The summed E-state index contributed by atoms with van der Waals surface area (Å²) in [6.45, 7) is 2.40. The fraction of sp³-hybridized carbons (Fsp3) is 0.231. The average molecular weight is 296 g/mol. The maximum atomic E-state index is 12.6. The van der Waals surface area contributed by atoms with Gasteiger partial charge in [-0.05, 0) is 42.1 Å². The number of sulfonamides is 1. The van der Waals surface area contributed by atoms with Crippen LogP contribution in [-0.2, 0) is 10.0 Å². The van der Waals surface area contributed by atoms with Crippen molar-refractivity contribution in [2.45, 2.75) is 17.6 Å². The molecule has 1 aromatic carbocycles. The van der Waals surface area contributed by atoms with Crippen molar-refractivity contribution in [1.82, 2.24) is 0 Å². The molecule has 2 rings (SSSR count). The zero-order valence-corrected chi connectivity index (χ0v) is 12.2. The summed E-state index contributed by atoms with van der Waals surface area (Å²) in [5, 5.41) is 1.76. The molecule has 0 atom stereocenters. The van der Waals surface area contributed by atoms with Gasteiger partial charge in [0.25, 0.3) is 10.0 Å². The van der Waals surface area contributed by atoms with E-state index in [1.54, 1.807) is 41.8 Å². The molecule has 0 saturated carbocycles. The highest BCUT2D eigenvalue weighted by molar-refractivity contribution is 7.94. The smallest absolute Gasteiger partial charge is 0.273 e. The summed E-state index contributed by atoms with van der Waals surface area (Å²) in [5.74, 6) is 0. The monoisotopic (exact) mass is 296 g/mol. The summed E-state index contributed by atoms with van der Waals surface area (Å²) in [5.41, 5.74) is 6.90. The Balaban J connectivity index is 2.43. The minimum absolute atomic E-state index is 0.359. The normalized spacial score (nSPS) is 11.4. The third kappa shape index (κ3) is 2.90. The number of thiophene rings is 1. The second-order valence-electron chi connectivity index (χ2n) is 4.10. The van der Waals surface area contributed by atoms with Crippen molar-refractivity contribution >= 4 is 32.7 Å². The zero-order chi connectivity index (χ0) is 13.9. The van der Waals surface area contributed by atoms with Gasteiger partial charge in [0.1, 0.15) is 4.21 Å². The van der Waals surface area contributed by atoms with Crippen molar-refractivity contribution in [2.24, 2.45) is 0 Å². The molecular weight excluding hydrogens is 280 g/mol. The van der Waals surface area contributed by atoms with Crippen molar-refractivity contribution in [3.63, 3.8) is 0 Å². The number of benzene rings is 1. The van der Waals surface area contributed by atoms with E-state index in [0.717, 1.165) is 6.42 Å². The van der Waals surface area contributed by atoms with Gasteiger partial charge in [0.05, 0.1) is 5.69 Å². The van der Waals surface area contributed by atoms with Gasteiger partial charge >= 0.3 is 0 Å². The average Bonchev–Trinajstić information content (AvgIpc) is 2.92. The van der Waals surface area contributed by atoms with Crippen LogP contribution in [0.4, 0.5) is 11.4 Å². The fourth-order valence-corrected chi connectivity index (χ4v) is 4.41. The minimum atomic E-state index is -3.47. The second-order valence-corrected chi connectivity index (χ2v) is 7.14. The molecule has 6 heteroatoms. The van der Waals surface area contributed by atoms with Gasteiger partial charge < -0.3 is 5.73 Å². The van der Waals surface area contributed by atoms with Crippen molar-refractivity contribution in [3.8, 4) is 0 Å². The van der Waals surface area contributed by atoms with Crippen molar-refractivity contribution in [2.75, 3.05) is 16.6 Å². The van der Waals surface area contributed by atoms with E-state index in [2.05, 4.69) is 0 Å². The topological polar surface area (TPSA) is 63.4 Å². The molecule has 2 aromatic rings. The molecule has 19 heavy (non-hydrogen) atoms. The lowest BCUT2D eigenvalue weighted by atomic mass is 10.3. The summed E-state index contributed by atoms with van der Waals surface area (Å²) in [6.07, 6.45) is 0.745. The van der Waals surface area contributed by atoms with Crippen LogP contribution in [0.15, 0.2) is 46.0 Å². The molecule has 0 aliphatic heterocycles. The van der Waals surface area contributed by atoms with Gasteiger partial charge in [-0.25, -0.2) is 8.42 Å². The second kappa shape index (κ2) is 5.63. The predicted octanol–water partition coefficient (Wildman–Crippen LogP) is 2.94. The molecule has 0 unspecified atom stereocenters. The van der Waals surface area contributed by atoms with Gasteiger partial charge in [-0.15, -0.1) is 11.3 Å². The lowest BCUT2D eigenvalue weighted by Gasteiger charge is -2.23. The van der Waals surface area contributed by atoms with Crippen LogP contribution in [0.25, 0.3) is 0 Å². The number of nitrogens with two attached hydrogens (primary N) is 1. The molecule has 0 radical (unpaired) electrons. The highest BCUT2D eigenvalue weighted by atomic mass is 32.2. The van der Waals surface area contributed by atoms with E-state index in [-0.39, 0.29) is 0 Å². The Labute approximate surface area is 117 Å². The van der Waals surface area contributed by atoms with Crippen LogP contribution in [-0.4, -0.2) is 15.0 Å². The van der Waals surface area contributed by atoms with Gasteiger partial charge in [0.15, 0.2) is 0 Å². The largest absolute Gasteiger partial charge is 0.399 e. The van der Waals surface area contributed by atoms with Crippen molar-refractivity contribution in [1.29, 1.82) is 0 Å². The van der Waals surface area contributed by atoms with Crippen molar-refractivity contribution < 1.29 is 8.42 Å². The van der Waals surface area contributed by atoms with Gasteiger partial charge in [0, 0.05) is 12.2 Å². The first-order chi connectivity index (χ1) is 9.05. The Morgan fingerprint density at radius 3 is 2.42 bits per heavy atom. The van der Waals surface area contributed by atoms with Crippen LogP contribution in [0, 0.1) is 0 Å². The summed E-state index contributed by atoms with van der Waals surface area (Å²) < 4.78 is 26.9. The molecule has 102 valence electrons. The van der Waals surface area contributed by atoms with E-state index in [4.69, 9.17) is 5.73 Å². The molecule has 1 heterocycles. The maximum absolute atomic E-state index is 12.6. The zero-order valence-electron chi connectivity index (χ0n) is 10.6. The molecule has 0 aliphatic carbocycles. The van der Waals surface area contributed by atoms with Gasteiger partial charge in [-0.2, -0.15) is 0 Å². The number of nitrogen functional groups attached to an aromatic ring is 1. The molecule has 0 amide bonds. The maximum Gasteiger partial charge on any atom is 0.273 e. The Kier molecular flexibility index (Phi) is 4.11. The van der Waals surface area contributed by atoms with Gasteiger partial charge in [-0.1, -0.05) is 13.0 Å². The molecule has 0 aliphatic rings. The van der Waals surface area contributed by atoms with Crippen LogP contribution in [0.1, 0.15) is 13.3 Å². The first-order valence-electron chi connectivity index (χ1n) is 5.97. The van der Waals surface area contributed by atoms with Crippen molar-refractivity contribution in [3.05, 3.63) is 41.8 Å². The highest BCUT2D eigenvalue weighted by Gasteiger charge is 2.24. The van der Waals surface area contributed by atoms with E-state index >= 15 is 0 Å². The quantitative estimate of drug-likeness (QED) is 0.863. The lowest BCUT2D eigenvalue weighted by Crippen LogP contribution is -2.31. The van der Waals surface area contributed by atoms with Crippen LogP contribution in [0.2, 0.25) is 0 Å². The lowest BCUT2D eigenvalue weighted by molar-refractivity contribution is 0.592. The number of hydrogen-bond acceptors (Lipinski definition) is 4. The first-order valence-corrected chi connectivity index (χ1v) is 8.29. The summed E-state index contributed by atoms with van der Waals surface area (Å²) >= 11 is 1.23.